The van der Waals surface area contributed by atoms with Crippen molar-refractivity contribution in [3.05, 3.63) is 66.3 Å². The Morgan fingerprint density at radius 3 is 2.50 bits per heavy atom. The van der Waals surface area contributed by atoms with Crippen LogP contribution in [0.2, 0.25) is 0 Å². The average molecular weight is 322 g/mol. The van der Waals surface area contributed by atoms with Gasteiger partial charge in [-0.05, 0) is 31.5 Å². The predicted molar refractivity (Wildman–Crippen MR) is 88.6 cm³/mol. The van der Waals surface area contributed by atoms with E-state index in [9.17, 15) is 4.79 Å². The van der Waals surface area contributed by atoms with E-state index in [0.29, 0.717) is 5.69 Å². The number of nitrogens with zero attached hydrogens (tertiary/aromatic N) is 6. The minimum atomic E-state index is -0.157. The van der Waals surface area contributed by atoms with Crippen molar-refractivity contribution in [2.75, 3.05) is 7.05 Å². The van der Waals surface area contributed by atoms with Crippen LogP contribution in [0.1, 0.15) is 34.7 Å². The normalized spacial score (nSPS) is 12.0. The standard InChI is InChI=1S/C17H18N6O/c1-12-8-20-16(9-19-12)17(24)22(3)13(2)14-4-6-15(7-5-14)23-11-18-10-21-23/h4-11,13H,1-3H3/t13-/m1/s1. The molecule has 7 heteroatoms. The Balaban J connectivity index is 1.76. The van der Waals surface area contributed by atoms with Gasteiger partial charge in [-0.1, -0.05) is 12.1 Å². The van der Waals surface area contributed by atoms with Gasteiger partial charge in [0, 0.05) is 13.2 Å². The molecule has 0 saturated carbocycles. The van der Waals surface area contributed by atoms with Gasteiger partial charge in [-0.25, -0.2) is 14.6 Å². The maximum absolute atomic E-state index is 12.5. The molecule has 7 nitrogen and oxygen atoms in total. The van der Waals surface area contributed by atoms with Crippen molar-refractivity contribution in [3.8, 4) is 5.69 Å². The molecule has 0 unspecified atom stereocenters. The molecule has 0 radical (unpaired) electrons. The second-order valence-electron chi connectivity index (χ2n) is 5.57. The fourth-order valence-electron chi connectivity index (χ4n) is 2.33. The van der Waals surface area contributed by atoms with Gasteiger partial charge in [-0.15, -0.1) is 0 Å². The Morgan fingerprint density at radius 2 is 1.92 bits per heavy atom. The molecule has 0 bridgehead atoms. The SMILES string of the molecule is Cc1cnc(C(=O)N(C)[C@H](C)c2ccc(-n3cncn3)cc2)cn1. The molecule has 3 rings (SSSR count). The van der Waals surface area contributed by atoms with Crippen LogP contribution in [-0.2, 0) is 0 Å². The second kappa shape index (κ2) is 6.57. The fraction of sp³-hybridized carbons (Fsp3) is 0.235. The number of carbonyl (C=O) groups excluding carboxylic acids is 1. The summed E-state index contributed by atoms with van der Waals surface area (Å²) in [5.74, 6) is -0.157. The smallest absolute Gasteiger partial charge is 0.274 e. The van der Waals surface area contributed by atoms with Crippen LogP contribution in [-0.4, -0.2) is 42.6 Å². The van der Waals surface area contributed by atoms with Gasteiger partial charge in [0.15, 0.2) is 0 Å². The lowest BCUT2D eigenvalue weighted by molar-refractivity contribution is 0.0736. The molecule has 0 aliphatic rings. The molecule has 0 aliphatic carbocycles. The van der Waals surface area contributed by atoms with E-state index in [1.165, 1.54) is 12.5 Å². The quantitative estimate of drug-likeness (QED) is 0.736. The Bertz CT molecular complexity index is 811. The Hall–Kier alpha value is -3.09. The lowest BCUT2D eigenvalue weighted by Crippen LogP contribution is -2.30. The molecule has 0 aliphatic heterocycles. The summed E-state index contributed by atoms with van der Waals surface area (Å²) >= 11 is 0. The van der Waals surface area contributed by atoms with Gasteiger partial charge in [0.05, 0.1) is 23.6 Å². The van der Waals surface area contributed by atoms with Crippen LogP contribution in [0.3, 0.4) is 0 Å². The van der Waals surface area contributed by atoms with E-state index in [1.54, 1.807) is 29.2 Å². The van der Waals surface area contributed by atoms with E-state index < -0.39 is 0 Å². The number of rotatable bonds is 4. The Kier molecular flexibility index (Phi) is 4.33. The Labute approximate surface area is 140 Å². The number of hydrogen-bond donors (Lipinski definition) is 0. The third-order valence-corrected chi connectivity index (χ3v) is 3.96. The van der Waals surface area contributed by atoms with Crippen molar-refractivity contribution < 1.29 is 4.79 Å². The summed E-state index contributed by atoms with van der Waals surface area (Å²) in [4.78, 5) is 26.4. The molecule has 0 spiro atoms. The summed E-state index contributed by atoms with van der Waals surface area (Å²) < 4.78 is 1.69. The van der Waals surface area contributed by atoms with E-state index in [1.807, 2.05) is 38.1 Å². The number of amides is 1. The summed E-state index contributed by atoms with van der Waals surface area (Å²) in [5, 5.41) is 4.10. The molecule has 0 fully saturated rings. The van der Waals surface area contributed by atoms with E-state index in [2.05, 4.69) is 20.1 Å². The molecular weight excluding hydrogens is 304 g/mol. The fourth-order valence-corrected chi connectivity index (χ4v) is 2.33. The molecule has 2 heterocycles. The number of hydrogen-bond acceptors (Lipinski definition) is 5. The van der Waals surface area contributed by atoms with E-state index >= 15 is 0 Å². The van der Waals surface area contributed by atoms with Crippen molar-refractivity contribution >= 4 is 5.91 Å². The molecular formula is C17H18N6O. The topological polar surface area (TPSA) is 76.8 Å². The van der Waals surface area contributed by atoms with Gasteiger partial charge >= 0.3 is 0 Å². The van der Waals surface area contributed by atoms with Crippen LogP contribution in [0.4, 0.5) is 0 Å². The minimum absolute atomic E-state index is 0.0922. The molecule has 2 aromatic heterocycles. The van der Waals surface area contributed by atoms with Crippen LogP contribution >= 0.6 is 0 Å². The number of aryl methyl sites for hydroxylation is 1. The zero-order valence-electron chi connectivity index (χ0n) is 13.8. The summed E-state index contributed by atoms with van der Waals surface area (Å²) in [5.41, 5.74) is 3.07. The zero-order chi connectivity index (χ0) is 17.1. The summed E-state index contributed by atoms with van der Waals surface area (Å²) in [7, 11) is 1.76. The third kappa shape index (κ3) is 3.15. The van der Waals surface area contributed by atoms with E-state index in [0.717, 1.165) is 16.9 Å². The first-order chi connectivity index (χ1) is 11.6. The largest absolute Gasteiger partial charge is 0.334 e. The van der Waals surface area contributed by atoms with Gasteiger partial charge in [0.25, 0.3) is 5.91 Å². The maximum atomic E-state index is 12.5. The minimum Gasteiger partial charge on any atom is -0.334 e. The highest BCUT2D eigenvalue weighted by molar-refractivity contribution is 5.92. The molecule has 1 atom stereocenters. The number of aromatic nitrogens is 5. The second-order valence-corrected chi connectivity index (χ2v) is 5.57. The van der Waals surface area contributed by atoms with E-state index in [-0.39, 0.29) is 11.9 Å². The van der Waals surface area contributed by atoms with Gasteiger partial charge in [0.1, 0.15) is 18.3 Å². The molecule has 122 valence electrons. The van der Waals surface area contributed by atoms with Crippen LogP contribution in [0.25, 0.3) is 5.69 Å². The number of benzene rings is 1. The zero-order valence-corrected chi connectivity index (χ0v) is 13.8. The lowest BCUT2D eigenvalue weighted by atomic mass is 10.1. The third-order valence-electron chi connectivity index (χ3n) is 3.96. The first-order valence-corrected chi connectivity index (χ1v) is 7.57. The van der Waals surface area contributed by atoms with Crippen molar-refractivity contribution in [1.82, 2.24) is 29.6 Å². The predicted octanol–water partition coefficient (Wildman–Crippen LogP) is 2.20. The molecule has 0 saturated heterocycles. The van der Waals surface area contributed by atoms with Crippen LogP contribution in [0.15, 0.2) is 49.3 Å². The average Bonchev–Trinajstić information content (AvgIpc) is 3.15. The van der Waals surface area contributed by atoms with Crippen LogP contribution < -0.4 is 0 Å². The van der Waals surface area contributed by atoms with Crippen molar-refractivity contribution in [2.24, 2.45) is 0 Å². The van der Waals surface area contributed by atoms with Crippen molar-refractivity contribution in [3.63, 3.8) is 0 Å². The molecule has 24 heavy (non-hydrogen) atoms. The first-order valence-electron chi connectivity index (χ1n) is 7.57. The van der Waals surface area contributed by atoms with Gasteiger partial charge in [-0.2, -0.15) is 5.10 Å². The highest BCUT2D eigenvalue weighted by Gasteiger charge is 2.20. The summed E-state index contributed by atoms with van der Waals surface area (Å²) in [6.45, 7) is 3.81. The monoisotopic (exact) mass is 322 g/mol. The van der Waals surface area contributed by atoms with Gasteiger partial charge < -0.3 is 4.90 Å². The molecule has 1 amide bonds. The maximum Gasteiger partial charge on any atom is 0.274 e. The Morgan fingerprint density at radius 1 is 1.17 bits per heavy atom. The highest BCUT2D eigenvalue weighted by atomic mass is 16.2. The van der Waals surface area contributed by atoms with Crippen LogP contribution in [0, 0.1) is 6.92 Å². The summed E-state index contributed by atoms with van der Waals surface area (Å²) in [6, 6.07) is 7.76. The van der Waals surface area contributed by atoms with Crippen molar-refractivity contribution in [1.29, 1.82) is 0 Å². The molecule has 0 N–H and O–H groups in total. The van der Waals surface area contributed by atoms with Crippen LogP contribution in [0.5, 0.6) is 0 Å². The van der Waals surface area contributed by atoms with E-state index in [4.69, 9.17) is 0 Å². The molecule has 1 aromatic carbocycles. The molecule has 3 aromatic rings. The van der Waals surface area contributed by atoms with Crippen molar-refractivity contribution in [2.45, 2.75) is 19.9 Å². The number of carbonyl (C=O) groups is 1. The summed E-state index contributed by atoms with van der Waals surface area (Å²) in [6.07, 6.45) is 6.24. The van der Waals surface area contributed by atoms with Gasteiger partial charge in [0.2, 0.25) is 0 Å². The lowest BCUT2D eigenvalue weighted by Gasteiger charge is -2.25. The first kappa shape index (κ1) is 15.8. The van der Waals surface area contributed by atoms with Gasteiger partial charge in [-0.3, -0.25) is 9.78 Å². The highest BCUT2D eigenvalue weighted by Crippen LogP contribution is 2.21.